The number of para-hydroxylation sites is 1. The molecule has 0 radical (unpaired) electrons. The van der Waals surface area contributed by atoms with Crippen LogP contribution >= 0.6 is 0 Å². The van der Waals surface area contributed by atoms with Crippen LogP contribution in [0.3, 0.4) is 0 Å². The topological polar surface area (TPSA) is 142 Å². The van der Waals surface area contributed by atoms with Crippen molar-refractivity contribution >= 4 is 28.8 Å². The summed E-state index contributed by atoms with van der Waals surface area (Å²) in [6.07, 6.45) is 18.8. The van der Waals surface area contributed by atoms with E-state index in [2.05, 4.69) is 89.1 Å². The molecule has 1 aromatic carbocycles. The number of likely N-dealkylation sites (N-methyl/N-ethyl adjacent to an activating group) is 1. The first-order chi connectivity index (χ1) is 23.6. The van der Waals surface area contributed by atoms with E-state index in [1.54, 1.807) is 0 Å². The maximum atomic E-state index is 12.7. The molecule has 49 heavy (non-hydrogen) atoms. The molecule has 0 bridgehead atoms. The minimum atomic E-state index is -0.474. The summed E-state index contributed by atoms with van der Waals surface area (Å²) in [5.74, 6) is -0.535. The van der Waals surface area contributed by atoms with Crippen LogP contribution in [0.25, 0.3) is 5.57 Å². The van der Waals surface area contributed by atoms with Crippen molar-refractivity contribution in [3.63, 3.8) is 0 Å². The number of fused-ring (bicyclic) bond motifs is 1. The Balaban J connectivity index is 1.73. The number of hydrogen-bond acceptors (Lipinski definition) is 8. The minimum Gasteiger partial charge on any atom is -0.393 e. The van der Waals surface area contributed by atoms with Crippen molar-refractivity contribution in [1.29, 1.82) is 0 Å². The van der Waals surface area contributed by atoms with Gasteiger partial charge in [-0.15, -0.1) is 0 Å². The molecule has 0 saturated heterocycles. The van der Waals surface area contributed by atoms with Gasteiger partial charge < -0.3 is 37.2 Å². The molecule has 2 aliphatic rings. The summed E-state index contributed by atoms with van der Waals surface area (Å²) in [7, 11) is 5.46. The number of anilines is 2. The third kappa shape index (κ3) is 9.65. The quantitative estimate of drug-likeness (QED) is 0.133. The lowest BCUT2D eigenvalue weighted by Crippen LogP contribution is -2.31. The highest BCUT2D eigenvalue weighted by molar-refractivity contribution is 5.95. The number of carbonyl (C=O) groups excluding carboxylic acids is 2. The number of amides is 2. The molecule has 4 rings (SSSR count). The minimum absolute atomic E-state index is 0.0261. The molecule has 10 nitrogen and oxygen atoms in total. The smallest absolute Gasteiger partial charge is 0.269 e. The average Bonchev–Trinajstić information content (AvgIpc) is 3.95. The molecule has 7 N–H and O–H groups in total. The second-order valence-corrected chi connectivity index (χ2v) is 12.6. The van der Waals surface area contributed by atoms with E-state index in [1.165, 1.54) is 30.0 Å². The van der Waals surface area contributed by atoms with Crippen molar-refractivity contribution in [2.45, 2.75) is 59.4 Å². The van der Waals surface area contributed by atoms with Crippen LogP contribution in [-0.2, 0) is 22.6 Å². The highest BCUT2D eigenvalue weighted by Gasteiger charge is 2.30. The number of rotatable bonds is 14. The summed E-state index contributed by atoms with van der Waals surface area (Å²) in [4.78, 5) is 34.1. The molecule has 2 amide bonds. The van der Waals surface area contributed by atoms with Crippen molar-refractivity contribution in [3.05, 3.63) is 118 Å². The number of hydrogen-bond donors (Lipinski definition) is 5. The summed E-state index contributed by atoms with van der Waals surface area (Å²) >= 11 is 0. The maximum absolute atomic E-state index is 12.7. The van der Waals surface area contributed by atoms with Gasteiger partial charge in [0.2, 0.25) is 5.91 Å². The number of aromatic nitrogens is 1. The first-order valence-electron chi connectivity index (χ1n) is 17.1. The molecule has 1 saturated carbocycles. The standard InChI is InChI=1S/C39H52N8O2/c1-7-9-13-27(18-17-26(3)34(12-8-2)47-23-21-28-14-11-22-43-33(28)25-47)30-15-10-16-31(37(30)46(5)6)44-32(36(41)39(49)42-4)24-35(40)45-38(48)29-19-20-29/h9-18,22,24,29,44H,7-8,19-21,23,25,40-41H2,1-6H3,(H,42,49)(H,45,48)/b13-9+,26-17+,27-18+,34-12+,35-24+,36-32+. The fourth-order valence-corrected chi connectivity index (χ4v) is 5.80. The highest BCUT2D eigenvalue weighted by Crippen LogP contribution is 2.36. The lowest BCUT2D eigenvalue weighted by atomic mass is 9.98. The second kappa shape index (κ2) is 17.2. The van der Waals surface area contributed by atoms with Crippen molar-refractivity contribution in [1.82, 2.24) is 20.5 Å². The van der Waals surface area contributed by atoms with Gasteiger partial charge in [0, 0.05) is 57.1 Å². The van der Waals surface area contributed by atoms with Gasteiger partial charge in [0.05, 0.1) is 29.3 Å². The van der Waals surface area contributed by atoms with E-state index in [4.69, 9.17) is 11.5 Å². The van der Waals surface area contributed by atoms with Gasteiger partial charge in [-0.1, -0.05) is 62.4 Å². The van der Waals surface area contributed by atoms with E-state index < -0.39 is 5.91 Å². The zero-order valence-corrected chi connectivity index (χ0v) is 29.8. The van der Waals surface area contributed by atoms with Crippen LogP contribution in [0.15, 0.2) is 101 Å². The zero-order chi connectivity index (χ0) is 35.5. The largest absolute Gasteiger partial charge is 0.393 e. The number of nitrogens with zero attached hydrogens (tertiary/aromatic N) is 3. The lowest BCUT2D eigenvalue weighted by Gasteiger charge is -2.32. The fraction of sp³-hybridized carbons (Fsp3) is 0.359. The van der Waals surface area contributed by atoms with Gasteiger partial charge in [-0.05, 0) is 67.9 Å². The molecule has 260 valence electrons. The molecule has 1 aromatic heterocycles. The van der Waals surface area contributed by atoms with Gasteiger partial charge in [0.25, 0.3) is 5.91 Å². The number of benzene rings is 1. The van der Waals surface area contributed by atoms with Crippen LogP contribution in [-0.4, -0.2) is 49.4 Å². The molecule has 1 aliphatic carbocycles. The monoisotopic (exact) mass is 664 g/mol. The number of nitrogens with two attached hydrogens (primary N) is 2. The summed E-state index contributed by atoms with van der Waals surface area (Å²) in [5, 5.41) is 8.65. The first-order valence-corrected chi connectivity index (χ1v) is 17.1. The van der Waals surface area contributed by atoms with Crippen LogP contribution in [0, 0.1) is 5.92 Å². The zero-order valence-electron chi connectivity index (χ0n) is 29.8. The molecule has 2 heterocycles. The van der Waals surface area contributed by atoms with Crippen LogP contribution < -0.4 is 32.3 Å². The molecule has 1 fully saturated rings. The predicted molar refractivity (Wildman–Crippen MR) is 201 cm³/mol. The first kappa shape index (κ1) is 36.6. The van der Waals surface area contributed by atoms with Crippen molar-refractivity contribution in [2.75, 3.05) is 37.9 Å². The Morgan fingerprint density at radius 1 is 1.08 bits per heavy atom. The van der Waals surface area contributed by atoms with Crippen LogP contribution in [0.2, 0.25) is 0 Å². The molecular formula is C39H52N8O2. The van der Waals surface area contributed by atoms with Gasteiger partial charge in [0.1, 0.15) is 11.5 Å². The summed E-state index contributed by atoms with van der Waals surface area (Å²) in [6, 6.07) is 10.2. The van der Waals surface area contributed by atoms with Gasteiger partial charge in [-0.25, -0.2) is 0 Å². The van der Waals surface area contributed by atoms with Gasteiger partial charge in [-0.2, -0.15) is 0 Å². The Kier molecular flexibility index (Phi) is 12.9. The number of nitrogens with one attached hydrogen (secondary N) is 3. The molecule has 0 atom stereocenters. The summed E-state index contributed by atoms with van der Waals surface area (Å²) in [5.41, 5.74) is 21.2. The molecular weight excluding hydrogens is 612 g/mol. The van der Waals surface area contributed by atoms with E-state index in [9.17, 15) is 9.59 Å². The van der Waals surface area contributed by atoms with E-state index in [-0.39, 0.29) is 29.0 Å². The number of pyridine rings is 1. The third-order valence-corrected chi connectivity index (χ3v) is 8.51. The Labute approximate surface area is 291 Å². The Morgan fingerprint density at radius 2 is 1.86 bits per heavy atom. The van der Waals surface area contributed by atoms with Gasteiger partial charge in [-0.3, -0.25) is 14.6 Å². The molecule has 2 aromatic rings. The molecule has 1 aliphatic heterocycles. The van der Waals surface area contributed by atoms with E-state index in [0.29, 0.717) is 5.69 Å². The molecule has 10 heteroatoms. The van der Waals surface area contributed by atoms with Crippen molar-refractivity contribution < 1.29 is 9.59 Å². The molecule has 0 unspecified atom stereocenters. The number of carbonyl (C=O) groups is 2. The molecule has 0 spiro atoms. The van der Waals surface area contributed by atoms with Crippen molar-refractivity contribution in [3.8, 4) is 0 Å². The highest BCUT2D eigenvalue weighted by atomic mass is 16.2. The Morgan fingerprint density at radius 3 is 2.53 bits per heavy atom. The normalized spacial score (nSPS) is 16.2. The van der Waals surface area contributed by atoms with Crippen LogP contribution in [0.1, 0.15) is 63.3 Å². The van der Waals surface area contributed by atoms with Gasteiger partial charge >= 0.3 is 0 Å². The fourth-order valence-electron chi connectivity index (χ4n) is 5.80. The summed E-state index contributed by atoms with van der Waals surface area (Å²) < 4.78 is 0. The van der Waals surface area contributed by atoms with Crippen molar-refractivity contribution in [2.24, 2.45) is 17.4 Å². The third-order valence-electron chi connectivity index (χ3n) is 8.51. The van der Waals surface area contributed by atoms with E-state index >= 15 is 0 Å². The average molecular weight is 665 g/mol. The lowest BCUT2D eigenvalue weighted by molar-refractivity contribution is -0.121. The van der Waals surface area contributed by atoms with Crippen LogP contribution in [0.5, 0.6) is 0 Å². The second-order valence-electron chi connectivity index (χ2n) is 12.6. The summed E-state index contributed by atoms with van der Waals surface area (Å²) in [6.45, 7) is 8.17. The van der Waals surface area contributed by atoms with E-state index in [0.717, 1.165) is 67.7 Å². The van der Waals surface area contributed by atoms with E-state index in [1.807, 2.05) is 43.4 Å². The van der Waals surface area contributed by atoms with Gasteiger partial charge in [0.15, 0.2) is 0 Å². The predicted octanol–water partition coefficient (Wildman–Crippen LogP) is 5.45. The maximum Gasteiger partial charge on any atom is 0.269 e. The van der Waals surface area contributed by atoms with Crippen LogP contribution in [0.4, 0.5) is 11.4 Å². The SMILES string of the molecule is CC/C=C/C(=C\C=C(C)\C(=C/CC)N1CCc2cccnc2C1)c1cccc(NC(/C=C(\N)NC(=O)C2CC2)=C(/N)C(=O)NC)c1N(C)C. The number of allylic oxidation sites excluding steroid dienone is 8. The Bertz CT molecular complexity index is 1710. The Hall–Kier alpha value is -5.25.